The number of benzene rings is 1. The van der Waals surface area contributed by atoms with Crippen LogP contribution in [0.15, 0.2) is 22.7 Å². The highest BCUT2D eigenvalue weighted by molar-refractivity contribution is 9.10. The predicted molar refractivity (Wildman–Crippen MR) is 81.1 cm³/mol. The van der Waals surface area contributed by atoms with Crippen molar-refractivity contribution in [2.24, 2.45) is 0 Å². The van der Waals surface area contributed by atoms with Gasteiger partial charge < -0.3 is 5.32 Å². The van der Waals surface area contributed by atoms with Crippen molar-refractivity contribution < 1.29 is 0 Å². The molecule has 1 aromatic rings. The van der Waals surface area contributed by atoms with Crippen LogP contribution in [0, 0.1) is 0 Å². The maximum atomic E-state index is 6.27. The van der Waals surface area contributed by atoms with Crippen LogP contribution >= 0.6 is 27.5 Å². The van der Waals surface area contributed by atoms with Gasteiger partial charge in [-0.05, 0) is 43.6 Å². The first kappa shape index (κ1) is 14.3. The highest BCUT2D eigenvalue weighted by Crippen LogP contribution is 2.23. The van der Waals surface area contributed by atoms with Crippen LogP contribution < -0.4 is 5.32 Å². The second kappa shape index (κ2) is 6.90. The third-order valence-corrected chi connectivity index (χ3v) is 4.34. The first-order valence-corrected chi connectivity index (χ1v) is 7.76. The van der Waals surface area contributed by atoms with Crippen LogP contribution in [-0.4, -0.2) is 30.6 Å². The molecule has 1 atom stereocenters. The van der Waals surface area contributed by atoms with Crippen molar-refractivity contribution >= 4 is 27.5 Å². The summed E-state index contributed by atoms with van der Waals surface area (Å²) in [6.45, 7) is 6.48. The predicted octanol–water partition coefficient (Wildman–Crippen LogP) is 3.68. The van der Waals surface area contributed by atoms with Gasteiger partial charge in [0, 0.05) is 28.6 Å². The number of rotatable bonds is 5. The first-order chi connectivity index (χ1) is 8.69. The number of hydrogen-bond donors (Lipinski definition) is 1. The Bertz CT molecular complexity index is 391. The molecule has 1 saturated heterocycles. The van der Waals surface area contributed by atoms with Gasteiger partial charge >= 0.3 is 0 Å². The normalized spacial score (nSPS) is 19.7. The maximum absolute atomic E-state index is 6.27. The lowest BCUT2D eigenvalue weighted by Gasteiger charge is -2.24. The van der Waals surface area contributed by atoms with E-state index in [2.05, 4.69) is 45.2 Å². The number of hydrogen-bond acceptors (Lipinski definition) is 2. The topological polar surface area (TPSA) is 15.3 Å². The lowest BCUT2D eigenvalue weighted by Crippen LogP contribution is -2.37. The molecule has 100 valence electrons. The van der Waals surface area contributed by atoms with E-state index in [1.807, 2.05) is 6.07 Å². The van der Waals surface area contributed by atoms with Gasteiger partial charge in [-0.3, -0.25) is 4.90 Å². The number of nitrogens with zero attached hydrogens (tertiary/aromatic N) is 1. The van der Waals surface area contributed by atoms with Gasteiger partial charge in [-0.15, -0.1) is 0 Å². The zero-order valence-corrected chi connectivity index (χ0v) is 13.1. The van der Waals surface area contributed by atoms with Gasteiger partial charge in [0.05, 0.1) is 0 Å². The molecule has 18 heavy (non-hydrogen) atoms. The summed E-state index contributed by atoms with van der Waals surface area (Å²) in [5, 5.41) is 4.40. The molecule has 0 aromatic heterocycles. The molecule has 2 rings (SSSR count). The van der Waals surface area contributed by atoms with Gasteiger partial charge in [0.2, 0.25) is 0 Å². The average molecular weight is 332 g/mol. The third kappa shape index (κ3) is 3.95. The van der Waals surface area contributed by atoms with E-state index in [9.17, 15) is 0 Å². The molecule has 0 aliphatic carbocycles. The Morgan fingerprint density at radius 1 is 1.50 bits per heavy atom. The molecule has 1 unspecified atom stereocenters. The minimum Gasteiger partial charge on any atom is -0.313 e. The van der Waals surface area contributed by atoms with Gasteiger partial charge in [0.1, 0.15) is 0 Å². The van der Waals surface area contributed by atoms with Crippen LogP contribution in [-0.2, 0) is 6.54 Å². The van der Waals surface area contributed by atoms with E-state index in [0.29, 0.717) is 6.04 Å². The van der Waals surface area contributed by atoms with Crippen molar-refractivity contribution in [1.82, 2.24) is 10.2 Å². The van der Waals surface area contributed by atoms with Crippen molar-refractivity contribution in [3.63, 3.8) is 0 Å². The molecule has 0 radical (unpaired) electrons. The number of halogens is 2. The first-order valence-electron chi connectivity index (χ1n) is 6.58. The second-order valence-electron chi connectivity index (χ2n) is 4.86. The van der Waals surface area contributed by atoms with Gasteiger partial charge in [-0.2, -0.15) is 0 Å². The van der Waals surface area contributed by atoms with Gasteiger partial charge in [-0.1, -0.05) is 40.5 Å². The molecule has 1 aromatic carbocycles. The molecule has 1 aliphatic heterocycles. The van der Waals surface area contributed by atoms with E-state index in [4.69, 9.17) is 11.6 Å². The summed E-state index contributed by atoms with van der Waals surface area (Å²) in [4.78, 5) is 2.46. The summed E-state index contributed by atoms with van der Waals surface area (Å²) in [5.41, 5.74) is 1.21. The Hall–Kier alpha value is -0.0900. The molecule has 0 spiro atoms. The Morgan fingerprint density at radius 2 is 2.33 bits per heavy atom. The second-order valence-corrected chi connectivity index (χ2v) is 6.18. The van der Waals surface area contributed by atoms with Crippen LogP contribution in [0.5, 0.6) is 0 Å². The largest absolute Gasteiger partial charge is 0.313 e. The minimum absolute atomic E-state index is 0.652. The van der Waals surface area contributed by atoms with Gasteiger partial charge in [-0.25, -0.2) is 0 Å². The van der Waals surface area contributed by atoms with Gasteiger partial charge in [0.25, 0.3) is 0 Å². The van der Waals surface area contributed by atoms with E-state index in [1.165, 1.54) is 24.9 Å². The van der Waals surface area contributed by atoms with Crippen LogP contribution in [0.1, 0.15) is 25.3 Å². The molecular weight excluding hydrogens is 312 g/mol. The lowest BCUT2D eigenvalue weighted by atomic mass is 10.1. The molecule has 2 nitrogen and oxygen atoms in total. The third-order valence-electron chi connectivity index (χ3n) is 3.50. The molecule has 4 heteroatoms. The summed E-state index contributed by atoms with van der Waals surface area (Å²) in [7, 11) is 0. The quantitative estimate of drug-likeness (QED) is 0.885. The Kier molecular flexibility index (Phi) is 5.49. The molecule has 0 bridgehead atoms. The fraction of sp³-hybridized carbons (Fsp3) is 0.571. The highest BCUT2D eigenvalue weighted by Gasteiger charge is 2.17. The fourth-order valence-corrected chi connectivity index (χ4v) is 3.15. The fourth-order valence-electron chi connectivity index (χ4n) is 2.42. The Labute approximate surface area is 123 Å². The standard InChI is InChI=1S/C14H20BrClN2/c1-2-18(10-13-4-3-7-17-13)9-11-5-6-12(15)8-14(11)16/h5-6,8,13,17H,2-4,7,9-10H2,1H3. The highest BCUT2D eigenvalue weighted by atomic mass is 79.9. The maximum Gasteiger partial charge on any atom is 0.0462 e. The van der Waals surface area contributed by atoms with Crippen LogP contribution in [0.3, 0.4) is 0 Å². The zero-order valence-electron chi connectivity index (χ0n) is 10.8. The molecule has 1 aliphatic rings. The van der Waals surface area contributed by atoms with Crippen molar-refractivity contribution in [2.45, 2.75) is 32.4 Å². The van der Waals surface area contributed by atoms with Crippen LogP contribution in [0.25, 0.3) is 0 Å². The van der Waals surface area contributed by atoms with Crippen LogP contribution in [0.4, 0.5) is 0 Å². The minimum atomic E-state index is 0.652. The molecule has 1 N–H and O–H groups in total. The van der Waals surface area contributed by atoms with E-state index < -0.39 is 0 Å². The number of nitrogens with one attached hydrogen (secondary N) is 1. The smallest absolute Gasteiger partial charge is 0.0462 e. The zero-order chi connectivity index (χ0) is 13.0. The summed E-state index contributed by atoms with van der Waals surface area (Å²) in [5.74, 6) is 0. The van der Waals surface area contributed by atoms with E-state index in [0.717, 1.165) is 29.1 Å². The van der Waals surface area contributed by atoms with E-state index in [-0.39, 0.29) is 0 Å². The van der Waals surface area contributed by atoms with E-state index in [1.54, 1.807) is 0 Å². The Balaban J connectivity index is 1.96. The summed E-state index contributed by atoms with van der Waals surface area (Å²) >= 11 is 9.72. The molecule has 0 amide bonds. The van der Waals surface area contributed by atoms with Crippen molar-refractivity contribution in [1.29, 1.82) is 0 Å². The van der Waals surface area contributed by atoms with Crippen LogP contribution in [0.2, 0.25) is 5.02 Å². The van der Waals surface area contributed by atoms with Crippen molar-refractivity contribution in [3.05, 3.63) is 33.3 Å². The average Bonchev–Trinajstić information content (AvgIpc) is 2.84. The van der Waals surface area contributed by atoms with E-state index >= 15 is 0 Å². The SMILES string of the molecule is CCN(Cc1ccc(Br)cc1Cl)CC1CCCN1. The van der Waals surface area contributed by atoms with Crippen molar-refractivity contribution in [2.75, 3.05) is 19.6 Å². The van der Waals surface area contributed by atoms with Crippen molar-refractivity contribution in [3.8, 4) is 0 Å². The Morgan fingerprint density at radius 3 is 2.94 bits per heavy atom. The molecule has 1 fully saturated rings. The molecular formula is C14H20BrClN2. The molecule has 0 saturated carbocycles. The summed E-state index contributed by atoms with van der Waals surface area (Å²) < 4.78 is 1.04. The molecule has 1 heterocycles. The summed E-state index contributed by atoms with van der Waals surface area (Å²) in [6, 6.07) is 6.79. The number of likely N-dealkylation sites (N-methyl/N-ethyl adjacent to an activating group) is 1. The monoisotopic (exact) mass is 330 g/mol. The summed E-state index contributed by atoms with van der Waals surface area (Å²) in [6.07, 6.45) is 2.60. The van der Waals surface area contributed by atoms with Gasteiger partial charge in [0.15, 0.2) is 0 Å². The lowest BCUT2D eigenvalue weighted by molar-refractivity contribution is 0.253.